The zero-order chi connectivity index (χ0) is 15.7. The van der Waals surface area contributed by atoms with Gasteiger partial charge in [-0.15, -0.1) is 0 Å². The highest BCUT2D eigenvalue weighted by Crippen LogP contribution is 2.28. The molecule has 0 saturated heterocycles. The number of H-pyrrole nitrogens is 1. The van der Waals surface area contributed by atoms with E-state index in [4.69, 9.17) is 5.73 Å². The van der Waals surface area contributed by atoms with Crippen LogP contribution in [0.25, 0.3) is 11.0 Å². The highest BCUT2D eigenvalue weighted by Gasteiger charge is 2.21. The number of primary amides is 1. The summed E-state index contributed by atoms with van der Waals surface area (Å²) in [6.45, 7) is 1.74. The molecule has 3 aromatic rings. The van der Waals surface area contributed by atoms with Crippen molar-refractivity contribution in [1.82, 2.24) is 9.97 Å². The van der Waals surface area contributed by atoms with Gasteiger partial charge in [0.25, 0.3) is 5.91 Å². The Morgan fingerprint density at radius 1 is 1.36 bits per heavy atom. The summed E-state index contributed by atoms with van der Waals surface area (Å²) in [5.41, 5.74) is 6.87. The molecule has 0 atom stereocenters. The van der Waals surface area contributed by atoms with Crippen molar-refractivity contribution in [3.05, 3.63) is 50.4 Å². The largest absolute Gasteiger partial charge is 0.365 e. The SMILES string of the molecule is Cc1nc2[nH]c(SNc3ccccc3)c(C(N)=O)c2c(=O)s1. The van der Waals surface area contributed by atoms with E-state index in [-0.39, 0.29) is 15.7 Å². The molecule has 0 aliphatic carbocycles. The van der Waals surface area contributed by atoms with E-state index >= 15 is 0 Å². The van der Waals surface area contributed by atoms with Crippen LogP contribution in [-0.4, -0.2) is 15.9 Å². The lowest BCUT2D eigenvalue weighted by atomic mass is 10.2. The summed E-state index contributed by atoms with van der Waals surface area (Å²) < 4.78 is 2.88. The molecule has 2 aromatic heterocycles. The lowest BCUT2D eigenvalue weighted by Gasteiger charge is -2.04. The van der Waals surface area contributed by atoms with Crippen LogP contribution in [0, 0.1) is 6.92 Å². The molecular weight excluding hydrogens is 320 g/mol. The highest BCUT2D eigenvalue weighted by molar-refractivity contribution is 8.00. The molecule has 0 unspecified atom stereocenters. The van der Waals surface area contributed by atoms with E-state index in [1.807, 2.05) is 30.3 Å². The molecule has 4 N–H and O–H groups in total. The number of nitrogens with zero attached hydrogens (tertiary/aromatic N) is 1. The molecule has 6 nitrogen and oxygen atoms in total. The van der Waals surface area contributed by atoms with Crippen LogP contribution < -0.4 is 15.2 Å². The molecule has 0 saturated carbocycles. The van der Waals surface area contributed by atoms with Crippen LogP contribution >= 0.6 is 23.3 Å². The minimum Gasteiger partial charge on any atom is -0.365 e. The van der Waals surface area contributed by atoms with Gasteiger partial charge in [0, 0.05) is 17.6 Å². The van der Waals surface area contributed by atoms with Crippen LogP contribution in [0.4, 0.5) is 5.69 Å². The average Bonchev–Trinajstić information content (AvgIpc) is 2.85. The summed E-state index contributed by atoms with van der Waals surface area (Å²) in [7, 11) is 0. The Morgan fingerprint density at radius 3 is 2.77 bits per heavy atom. The van der Waals surface area contributed by atoms with Gasteiger partial charge in [0.2, 0.25) is 4.74 Å². The number of aromatic amines is 1. The molecule has 0 fully saturated rings. The smallest absolute Gasteiger partial charge is 0.252 e. The molecule has 0 bridgehead atoms. The van der Waals surface area contributed by atoms with E-state index in [1.54, 1.807) is 6.92 Å². The van der Waals surface area contributed by atoms with E-state index in [2.05, 4.69) is 14.7 Å². The van der Waals surface area contributed by atoms with Gasteiger partial charge in [0.05, 0.1) is 16.0 Å². The van der Waals surface area contributed by atoms with Crippen molar-refractivity contribution in [2.45, 2.75) is 11.9 Å². The predicted molar refractivity (Wildman–Crippen MR) is 89.4 cm³/mol. The zero-order valence-corrected chi connectivity index (χ0v) is 13.2. The van der Waals surface area contributed by atoms with Gasteiger partial charge in [-0.3, -0.25) is 9.59 Å². The van der Waals surface area contributed by atoms with Gasteiger partial charge in [0.1, 0.15) is 10.7 Å². The number of hydrogen-bond donors (Lipinski definition) is 3. The maximum Gasteiger partial charge on any atom is 0.252 e. The van der Waals surface area contributed by atoms with Crippen molar-refractivity contribution < 1.29 is 4.79 Å². The summed E-state index contributed by atoms with van der Waals surface area (Å²) in [5.74, 6) is -0.654. The van der Waals surface area contributed by atoms with Gasteiger partial charge >= 0.3 is 0 Å². The van der Waals surface area contributed by atoms with Gasteiger partial charge in [-0.25, -0.2) is 4.98 Å². The molecule has 0 spiro atoms. The molecular formula is C14H12N4O2S2. The molecule has 112 valence electrons. The van der Waals surface area contributed by atoms with Crippen molar-refractivity contribution in [3.8, 4) is 0 Å². The lowest BCUT2D eigenvalue weighted by Crippen LogP contribution is -2.14. The average molecular weight is 332 g/mol. The summed E-state index contributed by atoms with van der Waals surface area (Å²) in [6, 6.07) is 9.48. The molecule has 0 radical (unpaired) electrons. The van der Waals surface area contributed by atoms with E-state index in [0.717, 1.165) is 17.0 Å². The number of hydrogen-bond acceptors (Lipinski definition) is 6. The summed E-state index contributed by atoms with van der Waals surface area (Å²) in [5, 5.41) is 1.36. The second kappa shape index (κ2) is 5.82. The Balaban J connectivity index is 2.05. The number of fused-ring (bicyclic) bond motifs is 1. The second-order valence-corrected chi connectivity index (χ2v) is 6.49. The number of amides is 1. The maximum absolute atomic E-state index is 12.1. The van der Waals surface area contributed by atoms with E-state index in [1.165, 1.54) is 11.9 Å². The van der Waals surface area contributed by atoms with Crippen LogP contribution in [0.3, 0.4) is 0 Å². The summed E-state index contributed by atoms with van der Waals surface area (Å²) in [6.07, 6.45) is 0. The molecule has 1 aromatic carbocycles. The Labute approximate surface area is 133 Å². The van der Waals surface area contributed by atoms with Crippen molar-refractivity contribution in [2.75, 3.05) is 4.72 Å². The molecule has 1 amide bonds. The third-order valence-corrected chi connectivity index (χ3v) is 4.58. The fourth-order valence-electron chi connectivity index (χ4n) is 2.04. The van der Waals surface area contributed by atoms with Crippen LogP contribution in [0.5, 0.6) is 0 Å². The number of para-hydroxylation sites is 1. The van der Waals surface area contributed by atoms with Gasteiger partial charge in [-0.2, -0.15) is 0 Å². The molecule has 22 heavy (non-hydrogen) atoms. The van der Waals surface area contributed by atoms with Gasteiger partial charge in [0.15, 0.2) is 0 Å². The molecule has 8 heteroatoms. The number of nitrogens with one attached hydrogen (secondary N) is 2. The number of aromatic nitrogens is 2. The number of benzene rings is 1. The van der Waals surface area contributed by atoms with Crippen molar-refractivity contribution in [3.63, 3.8) is 0 Å². The highest BCUT2D eigenvalue weighted by atomic mass is 32.2. The third kappa shape index (κ3) is 2.70. The molecule has 0 aliphatic rings. The molecule has 2 heterocycles. The van der Waals surface area contributed by atoms with Crippen LogP contribution in [0.2, 0.25) is 0 Å². The Kier molecular flexibility index (Phi) is 3.86. The van der Waals surface area contributed by atoms with Gasteiger partial charge < -0.3 is 15.4 Å². The number of nitrogens with two attached hydrogens (primary N) is 1. The van der Waals surface area contributed by atoms with E-state index in [0.29, 0.717) is 15.7 Å². The van der Waals surface area contributed by atoms with E-state index in [9.17, 15) is 9.59 Å². The lowest BCUT2D eigenvalue weighted by molar-refractivity contribution is 0.0999. The number of anilines is 1. The van der Waals surface area contributed by atoms with Gasteiger partial charge in [-0.05, 0) is 19.1 Å². The second-order valence-electron chi connectivity index (χ2n) is 4.51. The quantitative estimate of drug-likeness (QED) is 0.637. The Morgan fingerprint density at radius 2 is 2.09 bits per heavy atom. The molecule has 0 aliphatic heterocycles. The first-order valence-corrected chi connectivity index (χ1v) is 8.00. The predicted octanol–water partition coefficient (Wildman–Crippen LogP) is 2.51. The fraction of sp³-hybridized carbons (Fsp3) is 0.0714. The van der Waals surface area contributed by atoms with Gasteiger partial charge in [-0.1, -0.05) is 29.5 Å². The Hall–Kier alpha value is -2.32. The maximum atomic E-state index is 12.1. The normalized spacial score (nSPS) is 10.8. The topological polar surface area (TPSA) is 101 Å². The van der Waals surface area contributed by atoms with Crippen LogP contribution in [-0.2, 0) is 0 Å². The standard InChI is InChI=1S/C14H12N4O2S2/c1-7-16-12-10(14(20)21-7)9(11(15)19)13(17-12)22-18-8-5-3-2-4-6-8/h2-6,17-18H,1H3,(H2,15,19). The minimum atomic E-state index is -0.654. The monoisotopic (exact) mass is 332 g/mol. The van der Waals surface area contributed by atoms with Crippen LogP contribution in [0.1, 0.15) is 15.4 Å². The number of carbonyl (C=O) groups excluding carboxylic acids is 1. The van der Waals surface area contributed by atoms with Crippen molar-refractivity contribution in [2.24, 2.45) is 5.73 Å². The Bertz CT molecular complexity index is 902. The zero-order valence-electron chi connectivity index (χ0n) is 11.5. The summed E-state index contributed by atoms with van der Waals surface area (Å²) >= 11 is 2.19. The minimum absolute atomic E-state index is 0.178. The summed E-state index contributed by atoms with van der Waals surface area (Å²) in [4.78, 5) is 31.1. The first-order chi connectivity index (χ1) is 10.6. The number of aryl methyl sites for hydroxylation is 1. The van der Waals surface area contributed by atoms with Crippen molar-refractivity contribution >= 4 is 45.9 Å². The first kappa shape index (κ1) is 14.6. The number of rotatable bonds is 4. The number of carbonyl (C=O) groups is 1. The third-order valence-electron chi connectivity index (χ3n) is 2.95. The fourth-order valence-corrected chi connectivity index (χ4v) is 3.55. The molecule has 3 rings (SSSR count). The van der Waals surface area contributed by atoms with Crippen LogP contribution in [0.15, 0.2) is 40.2 Å². The first-order valence-electron chi connectivity index (χ1n) is 6.37. The van der Waals surface area contributed by atoms with Crippen molar-refractivity contribution in [1.29, 1.82) is 0 Å². The van der Waals surface area contributed by atoms with E-state index < -0.39 is 5.91 Å².